The Morgan fingerprint density at radius 3 is 1.86 bits per heavy atom. The van der Waals surface area contributed by atoms with Gasteiger partial charge in [-0.05, 0) is 13.3 Å². The van der Waals surface area contributed by atoms with Crippen LogP contribution < -0.4 is 0 Å². The van der Waals surface area contributed by atoms with Gasteiger partial charge in [-0.3, -0.25) is 0 Å². The zero-order valence-corrected chi connectivity index (χ0v) is 5.78. The van der Waals surface area contributed by atoms with E-state index in [-0.39, 0.29) is 0 Å². The van der Waals surface area contributed by atoms with Gasteiger partial charge in [-0.2, -0.15) is 0 Å². The van der Waals surface area contributed by atoms with Crippen molar-refractivity contribution in [2.45, 2.75) is 34.1 Å². The van der Waals surface area contributed by atoms with Gasteiger partial charge in [-0.1, -0.05) is 6.92 Å². The molecule has 0 radical (unpaired) electrons. The lowest BCUT2D eigenvalue weighted by Gasteiger charge is -1.99. The molecule has 0 fully saturated rings. The van der Waals surface area contributed by atoms with E-state index in [4.69, 9.17) is 0 Å². The summed E-state index contributed by atoms with van der Waals surface area (Å²) >= 11 is 0. The van der Waals surface area contributed by atoms with E-state index >= 15 is 0 Å². The van der Waals surface area contributed by atoms with Gasteiger partial charge in [0.05, 0.1) is 25.7 Å². The summed E-state index contributed by atoms with van der Waals surface area (Å²) in [7, 11) is 0. The van der Waals surface area contributed by atoms with E-state index in [9.17, 15) is 0 Å². The second kappa shape index (κ2) is 2.95. The summed E-state index contributed by atoms with van der Waals surface area (Å²) in [6, 6.07) is 0. The average molecular weight is 99.2 g/mol. The Labute approximate surface area is 46.9 Å². The number of rotatable bonds is 2. The van der Waals surface area contributed by atoms with Gasteiger partial charge in [0, 0.05) is 0 Å². The highest BCUT2D eigenvalue weighted by atomic mass is 14.1. The van der Waals surface area contributed by atoms with Crippen molar-refractivity contribution in [2.75, 3.05) is 0 Å². The average Bonchev–Trinajstić information content (AvgIpc) is 1.65. The van der Waals surface area contributed by atoms with Crippen LogP contribution in [-0.4, -0.2) is 0 Å². The van der Waals surface area contributed by atoms with Gasteiger partial charge in [-0.15, -0.1) is 0 Å². The molecule has 42 valence electrons. The van der Waals surface area contributed by atoms with E-state index in [1.54, 1.807) is 5.92 Å². The Balaban J connectivity index is 3.14. The fraction of sp³-hybridized carbons (Fsp3) is 0.857. The number of hydrogen-bond donors (Lipinski definition) is 0. The zero-order valence-electron chi connectivity index (χ0n) is 5.78. The summed E-state index contributed by atoms with van der Waals surface area (Å²) in [6.45, 7) is 8.86. The first-order chi connectivity index (χ1) is 3.18. The van der Waals surface area contributed by atoms with E-state index in [0.29, 0.717) is 0 Å². The molecule has 0 heteroatoms. The third-order valence-corrected chi connectivity index (χ3v) is 1.60. The predicted molar refractivity (Wildman–Crippen MR) is 34.0 cm³/mol. The first kappa shape index (κ1) is 6.87. The maximum atomic E-state index is 2.26. The van der Waals surface area contributed by atoms with Gasteiger partial charge in [0.2, 0.25) is 0 Å². The zero-order chi connectivity index (χ0) is 5.86. The molecule has 0 saturated carbocycles. The van der Waals surface area contributed by atoms with Crippen molar-refractivity contribution >= 4 is 0 Å². The highest BCUT2D eigenvalue weighted by Gasteiger charge is 2.12. The number of hydrogen-bond acceptors (Lipinski definition) is 0. The Morgan fingerprint density at radius 1 is 1.43 bits per heavy atom. The van der Waals surface area contributed by atoms with E-state index in [1.807, 2.05) is 0 Å². The summed E-state index contributed by atoms with van der Waals surface area (Å²) in [6.07, 6.45) is 1.28. The molecule has 0 aliphatic carbocycles. The van der Waals surface area contributed by atoms with Crippen LogP contribution >= 0.6 is 0 Å². The van der Waals surface area contributed by atoms with Gasteiger partial charge in [0.1, 0.15) is 0 Å². The van der Waals surface area contributed by atoms with E-state index < -0.39 is 0 Å². The van der Waals surface area contributed by atoms with Crippen LogP contribution in [0.15, 0.2) is 0 Å². The fourth-order valence-corrected chi connectivity index (χ4v) is 0.408. The first-order valence-electron chi connectivity index (χ1n) is 2.98. The van der Waals surface area contributed by atoms with Crippen LogP contribution in [0.4, 0.5) is 0 Å². The van der Waals surface area contributed by atoms with Crippen LogP contribution in [0.3, 0.4) is 0 Å². The molecule has 7 heavy (non-hydrogen) atoms. The van der Waals surface area contributed by atoms with Crippen LogP contribution in [0.5, 0.6) is 0 Å². The SMILES string of the molecule is CCC(C)[C+](C)C. The lowest BCUT2D eigenvalue weighted by Crippen LogP contribution is -1.97. The molecular formula is C7H15+. The van der Waals surface area contributed by atoms with Gasteiger partial charge in [0.15, 0.2) is 0 Å². The van der Waals surface area contributed by atoms with Crippen molar-refractivity contribution in [2.24, 2.45) is 5.92 Å². The molecule has 1 atom stereocenters. The van der Waals surface area contributed by atoms with Gasteiger partial charge < -0.3 is 0 Å². The molecule has 0 rings (SSSR count). The van der Waals surface area contributed by atoms with Gasteiger partial charge in [-0.25, -0.2) is 0 Å². The third kappa shape index (κ3) is 2.55. The van der Waals surface area contributed by atoms with Crippen LogP contribution in [-0.2, 0) is 0 Å². The fourth-order valence-electron chi connectivity index (χ4n) is 0.408. The Hall–Kier alpha value is -0.130. The van der Waals surface area contributed by atoms with E-state index in [0.717, 1.165) is 5.92 Å². The summed E-state index contributed by atoms with van der Waals surface area (Å²) in [5.74, 6) is 2.36. The molecule has 0 aromatic carbocycles. The monoisotopic (exact) mass is 99.1 g/mol. The molecule has 0 spiro atoms. The molecule has 1 unspecified atom stereocenters. The van der Waals surface area contributed by atoms with Crippen molar-refractivity contribution < 1.29 is 0 Å². The minimum atomic E-state index is 0.819. The molecule has 0 amide bonds. The second-order valence-corrected chi connectivity index (χ2v) is 2.39. The largest absolute Gasteiger partial charge is 0.0965 e. The molecule has 0 aliphatic rings. The normalized spacial score (nSPS) is 13.7. The standard InChI is InChI=1S/C7H15/c1-5-7(4)6(2)3/h7H,5H2,1-4H3/q+1. The molecule has 0 aliphatic heterocycles. The molecule has 0 saturated heterocycles. The summed E-state index contributed by atoms with van der Waals surface area (Å²) in [4.78, 5) is 0. The quantitative estimate of drug-likeness (QED) is 0.467. The molecule has 0 aromatic rings. The molecule has 0 heterocycles. The van der Waals surface area contributed by atoms with Crippen LogP contribution in [0, 0.1) is 11.8 Å². The Bertz CT molecular complexity index is 37.3. The van der Waals surface area contributed by atoms with Gasteiger partial charge >= 0.3 is 0 Å². The molecule has 0 N–H and O–H groups in total. The summed E-state index contributed by atoms with van der Waals surface area (Å²) in [5.41, 5.74) is 0. The van der Waals surface area contributed by atoms with E-state index in [2.05, 4.69) is 27.7 Å². The van der Waals surface area contributed by atoms with Crippen molar-refractivity contribution in [3.8, 4) is 0 Å². The minimum absolute atomic E-state index is 0.819. The second-order valence-electron chi connectivity index (χ2n) is 2.39. The summed E-state index contributed by atoms with van der Waals surface area (Å²) < 4.78 is 0. The highest BCUT2D eigenvalue weighted by molar-refractivity contribution is 4.82. The molecule has 0 aromatic heterocycles. The lowest BCUT2D eigenvalue weighted by atomic mass is 9.96. The molecular weight excluding hydrogens is 84.1 g/mol. The van der Waals surface area contributed by atoms with Crippen molar-refractivity contribution in [3.05, 3.63) is 5.92 Å². The maximum Gasteiger partial charge on any atom is 0.0965 e. The smallest absolute Gasteiger partial charge is 0.0610 e. The van der Waals surface area contributed by atoms with Crippen molar-refractivity contribution in [1.29, 1.82) is 0 Å². The van der Waals surface area contributed by atoms with Gasteiger partial charge in [0.25, 0.3) is 0 Å². The topological polar surface area (TPSA) is 0 Å². The van der Waals surface area contributed by atoms with Crippen LogP contribution in [0.25, 0.3) is 0 Å². The molecule has 0 nitrogen and oxygen atoms in total. The Kier molecular flexibility index (Phi) is 2.89. The minimum Gasteiger partial charge on any atom is -0.0610 e. The van der Waals surface area contributed by atoms with Crippen LogP contribution in [0.1, 0.15) is 34.1 Å². The van der Waals surface area contributed by atoms with Crippen molar-refractivity contribution in [3.63, 3.8) is 0 Å². The summed E-state index contributed by atoms with van der Waals surface area (Å²) in [5, 5.41) is 0. The molecule has 0 bridgehead atoms. The highest BCUT2D eigenvalue weighted by Crippen LogP contribution is 2.14. The first-order valence-corrected chi connectivity index (χ1v) is 2.98. The lowest BCUT2D eigenvalue weighted by molar-refractivity contribution is 0.583. The van der Waals surface area contributed by atoms with Crippen LogP contribution in [0.2, 0.25) is 0 Å². The maximum absolute atomic E-state index is 2.26. The van der Waals surface area contributed by atoms with Crippen molar-refractivity contribution in [1.82, 2.24) is 0 Å². The third-order valence-electron chi connectivity index (χ3n) is 1.60. The van der Waals surface area contributed by atoms with E-state index in [1.165, 1.54) is 6.42 Å². The predicted octanol–water partition coefficient (Wildman–Crippen LogP) is 2.65. The Morgan fingerprint density at radius 2 is 1.86 bits per heavy atom.